The summed E-state index contributed by atoms with van der Waals surface area (Å²) >= 11 is 0. The van der Waals surface area contributed by atoms with Gasteiger partial charge in [-0.3, -0.25) is 19.7 Å². The van der Waals surface area contributed by atoms with Gasteiger partial charge in [-0.2, -0.15) is 0 Å². The number of hydrogen-bond donors (Lipinski definition) is 1. The van der Waals surface area contributed by atoms with Crippen LogP contribution in [0.2, 0.25) is 0 Å². The fraction of sp³-hybridized carbons (Fsp3) is 0.125. The third kappa shape index (κ3) is 5.78. The molecule has 0 aliphatic heterocycles. The minimum absolute atomic E-state index is 0.0365. The van der Waals surface area contributed by atoms with Crippen molar-refractivity contribution in [3.8, 4) is 16.9 Å². The number of amides is 2. The highest BCUT2D eigenvalue weighted by atomic mass is 16.5. The second-order valence-corrected chi connectivity index (χ2v) is 6.51. The Labute approximate surface area is 174 Å². The van der Waals surface area contributed by atoms with Gasteiger partial charge in [-0.25, -0.2) is 0 Å². The molecular formula is C24H21NO5. The molecule has 0 aliphatic carbocycles. The molecule has 0 bridgehead atoms. The van der Waals surface area contributed by atoms with Crippen LogP contribution in [0, 0.1) is 0 Å². The average molecular weight is 403 g/mol. The van der Waals surface area contributed by atoms with E-state index in [1.165, 1.54) is 19.2 Å². The van der Waals surface area contributed by atoms with Crippen LogP contribution in [0.3, 0.4) is 0 Å². The molecule has 0 spiro atoms. The summed E-state index contributed by atoms with van der Waals surface area (Å²) in [5.74, 6) is -1.21. The van der Waals surface area contributed by atoms with E-state index < -0.39 is 24.4 Å². The molecule has 2 amide bonds. The lowest BCUT2D eigenvalue weighted by Gasteiger charge is -2.07. The molecule has 152 valence electrons. The van der Waals surface area contributed by atoms with Crippen LogP contribution < -0.4 is 10.1 Å². The van der Waals surface area contributed by atoms with E-state index in [1.807, 2.05) is 54.6 Å². The summed E-state index contributed by atoms with van der Waals surface area (Å²) in [4.78, 5) is 35.9. The van der Waals surface area contributed by atoms with Crippen LogP contribution in [0.5, 0.6) is 5.75 Å². The zero-order chi connectivity index (χ0) is 21.3. The van der Waals surface area contributed by atoms with E-state index in [4.69, 9.17) is 9.47 Å². The Bertz CT molecular complexity index is 1010. The molecule has 0 unspecified atom stereocenters. The minimum Gasteiger partial charge on any atom is -0.497 e. The molecule has 0 saturated carbocycles. The van der Waals surface area contributed by atoms with Gasteiger partial charge in [0.05, 0.1) is 13.5 Å². The van der Waals surface area contributed by atoms with Crippen LogP contribution in [-0.2, 0) is 20.7 Å². The number of methoxy groups -OCH3 is 1. The molecule has 6 heteroatoms. The van der Waals surface area contributed by atoms with E-state index in [2.05, 4.69) is 5.32 Å². The van der Waals surface area contributed by atoms with Gasteiger partial charge in [-0.1, -0.05) is 54.6 Å². The molecule has 0 heterocycles. The van der Waals surface area contributed by atoms with Crippen molar-refractivity contribution in [3.63, 3.8) is 0 Å². The summed E-state index contributed by atoms with van der Waals surface area (Å²) in [5.41, 5.74) is 3.21. The molecule has 30 heavy (non-hydrogen) atoms. The highest BCUT2D eigenvalue weighted by Gasteiger charge is 2.13. The van der Waals surface area contributed by atoms with Gasteiger partial charge in [0.15, 0.2) is 6.61 Å². The Morgan fingerprint density at radius 1 is 0.800 bits per heavy atom. The maximum atomic E-state index is 12.0. The fourth-order valence-electron chi connectivity index (χ4n) is 2.79. The first-order valence-electron chi connectivity index (χ1n) is 9.33. The normalized spacial score (nSPS) is 10.2. The number of imide groups is 1. The van der Waals surface area contributed by atoms with Crippen LogP contribution >= 0.6 is 0 Å². The Morgan fingerprint density at radius 3 is 2.07 bits per heavy atom. The van der Waals surface area contributed by atoms with E-state index in [1.54, 1.807) is 12.1 Å². The molecule has 0 fully saturated rings. The van der Waals surface area contributed by atoms with Crippen LogP contribution in [0.25, 0.3) is 11.1 Å². The Kier molecular flexibility index (Phi) is 6.95. The van der Waals surface area contributed by atoms with Gasteiger partial charge in [0.1, 0.15) is 5.75 Å². The fourth-order valence-corrected chi connectivity index (χ4v) is 2.79. The van der Waals surface area contributed by atoms with Gasteiger partial charge in [-0.15, -0.1) is 0 Å². The van der Waals surface area contributed by atoms with Crippen molar-refractivity contribution in [1.82, 2.24) is 5.32 Å². The summed E-state index contributed by atoms with van der Waals surface area (Å²) in [5, 5.41) is 2.18. The predicted octanol–water partition coefficient (Wildman–Crippen LogP) is 3.40. The molecule has 3 aromatic carbocycles. The molecule has 0 aromatic heterocycles. The lowest BCUT2D eigenvalue weighted by Crippen LogP contribution is -2.34. The third-order valence-corrected chi connectivity index (χ3v) is 4.38. The maximum absolute atomic E-state index is 12.0. The van der Waals surface area contributed by atoms with E-state index in [0.29, 0.717) is 11.3 Å². The number of nitrogens with one attached hydrogen (secondary N) is 1. The van der Waals surface area contributed by atoms with Gasteiger partial charge in [-0.05, 0) is 41.0 Å². The monoisotopic (exact) mass is 403 g/mol. The molecule has 3 rings (SSSR count). The van der Waals surface area contributed by atoms with Gasteiger partial charge in [0, 0.05) is 5.56 Å². The number of hydrogen-bond acceptors (Lipinski definition) is 5. The van der Waals surface area contributed by atoms with Crippen molar-refractivity contribution < 1.29 is 23.9 Å². The molecular weight excluding hydrogens is 382 g/mol. The second kappa shape index (κ2) is 10.0. The number of rotatable bonds is 7. The first kappa shape index (κ1) is 20.8. The minimum atomic E-state index is -0.691. The molecule has 1 N–H and O–H groups in total. The van der Waals surface area contributed by atoms with Gasteiger partial charge in [0.2, 0.25) is 0 Å². The number of carbonyl (C=O) groups excluding carboxylic acids is 3. The van der Waals surface area contributed by atoms with Crippen LogP contribution in [0.15, 0.2) is 78.9 Å². The topological polar surface area (TPSA) is 81.7 Å². The van der Waals surface area contributed by atoms with Crippen molar-refractivity contribution in [2.24, 2.45) is 0 Å². The second-order valence-electron chi connectivity index (χ2n) is 6.51. The smallest absolute Gasteiger partial charge is 0.310 e. The first-order chi connectivity index (χ1) is 14.5. The van der Waals surface area contributed by atoms with Gasteiger partial charge in [0.25, 0.3) is 11.8 Å². The molecule has 3 aromatic rings. The van der Waals surface area contributed by atoms with Crippen molar-refractivity contribution in [3.05, 3.63) is 90.0 Å². The van der Waals surface area contributed by atoms with Gasteiger partial charge >= 0.3 is 5.97 Å². The van der Waals surface area contributed by atoms with E-state index in [0.717, 1.165) is 16.7 Å². The lowest BCUT2D eigenvalue weighted by molar-refractivity contribution is -0.147. The van der Waals surface area contributed by atoms with E-state index in [9.17, 15) is 14.4 Å². The number of ether oxygens (including phenoxy) is 2. The van der Waals surface area contributed by atoms with Crippen molar-refractivity contribution >= 4 is 17.8 Å². The summed E-state index contributed by atoms with van der Waals surface area (Å²) in [6.07, 6.45) is 0.0365. The van der Waals surface area contributed by atoms with Crippen LogP contribution in [0.1, 0.15) is 15.9 Å². The third-order valence-electron chi connectivity index (χ3n) is 4.38. The van der Waals surface area contributed by atoms with Crippen molar-refractivity contribution in [2.45, 2.75) is 6.42 Å². The van der Waals surface area contributed by atoms with Crippen LogP contribution in [0.4, 0.5) is 0 Å². The Balaban J connectivity index is 1.45. The van der Waals surface area contributed by atoms with E-state index in [-0.39, 0.29) is 6.42 Å². The lowest BCUT2D eigenvalue weighted by atomic mass is 10.0. The molecule has 0 atom stereocenters. The van der Waals surface area contributed by atoms with Crippen molar-refractivity contribution in [1.29, 1.82) is 0 Å². The number of benzene rings is 3. The zero-order valence-electron chi connectivity index (χ0n) is 16.5. The Hall–Kier alpha value is -3.93. The summed E-state index contributed by atoms with van der Waals surface area (Å²) in [7, 11) is 1.52. The van der Waals surface area contributed by atoms with Crippen LogP contribution in [-0.4, -0.2) is 31.5 Å². The first-order valence-corrected chi connectivity index (χ1v) is 9.33. The quantitative estimate of drug-likeness (QED) is 0.612. The molecule has 0 aliphatic rings. The average Bonchev–Trinajstić information content (AvgIpc) is 2.79. The Morgan fingerprint density at radius 2 is 1.43 bits per heavy atom. The molecule has 0 radical (unpaired) electrons. The SMILES string of the molecule is COc1ccc(C(=O)NC(=O)COC(=O)Cc2ccc(-c3ccccc3)cc2)cc1. The van der Waals surface area contributed by atoms with Crippen molar-refractivity contribution in [2.75, 3.05) is 13.7 Å². The number of esters is 1. The summed E-state index contributed by atoms with van der Waals surface area (Å²) in [6.45, 7) is -0.525. The summed E-state index contributed by atoms with van der Waals surface area (Å²) in [6, 6.07) is 23.7. The number of carbonyl (C=O) groups is 3. The maximum Gasteiger partial charge on any atom is 0.310 e. The largest absolute Gasteiger partial charge is 0.497 e. The highest BCUT2D eigenvalue weighted by molar-refractivity contribution is 6.05. The highest BCUT2D eigenvalue weighted by Crippen LogP contribution is 2.19. The summed E-state index contributed by atoms with van der Waals surface area (Å²) < 4.78 is 9.99. The molecule has 0 saturated heterocycles. The molecule has 6 nitrogen and oxygen atoms in total. The zero-order valence-corrected chi connectivity index (χ0v) is 16.5. The standard InChI is InChI=1S/C24H21NO5/c1-29-21-13-11-20(12-14-21)24(28)25-22(26)16-30-23(27)15-17-7-9-19(10-8-17)18-5-3-2-4-6-18/h2-14H,15-16H2,1H3,(H,25,26,28). The van der Waals surface area contributed by atoms with Gasteiger partial charge < -0.3 is 9.47 Å². The van der Waals surface area contributed by atoms with E-state index >= 15 is 0 Å². The predicted molar refractivity (Wildman–Crippen MR) is 112 cm³/mol.